The zero-order chi connectivity index (χ0) is 8.55. The minimum atomic E-state index is 0.365. The van der Waals surface area contributed by atoms with Gasteiger partial charge in [-0.15, -0.1) is 0 Å². The molecule has 0 aromatic carbocycles. The van der Waals surface area contributed by atoms with E-state index in [0.717, 1.165) is 18.3 Å². The van der Waals surface area contributed by atoms with E-state index in [4.69, 9.17) is 0 Å². The Hall–Kier alpha value is -0.330. The number of hydrogen-bond acceptors (Lipinski definition) is 1. The van der Waals surface area contributed by atoms with E-state index in [9.17, 15) is 4.79 Å². The predicted molar refractivity (Wildman–Crippen MR) is 48.9 cm³/mol. The monoisotopic (exact) mass is 166 g/mol. The highest BCUT2D eigenvalue weighted by Gasteiger charge is 2.34. The summed E-state index contributed by atoms with van der Waals surface area (Å²) in [5, 5.41) is 0. The van der Waals surface area contributed by atoms with Crippen LogP contribution in [-0.4, -0.2) is 5.78 Å². The lowest BCUT2D eigenvalue weighted by Crippen LogP contribution is -2.32. The first-order valence-corrected chi connectivity index (χ1v) is 5.30. The Kier molecular flexibility index (Phi) is 2.20. The van der Waals surface area contributed by atoms with E-state index in [1.165, 1.54) is 32.1 Å². The van der Waals surface area contributed by atoms with E-state index in [-0.39, 0.29) is 0 Å². The molecule has 1 nitrogen and oxygen atoms in total. The molecule has 0 aromatic heterocycles. The van der Waals surface area contributed by atoms with Gasteiger partial charge in [0.25, 0.3) is 0 Å². The average Bonchev–Trinajstić information content (AvgIpc) is 2.07. The fourth-order valence-corrected chi connectivity index (χ4v) is 2.91. The summed E-state index contributed by atoms with van der Waals surface area (Å²) in [7, 11) is 0. The molecular weight excluding hydrogens is 148 g/mol. The van der Waals surface area contributed by atoms with Crippen LogP contribution in [0.3, 0.4) is 0 Å². The van der Waals surface area contributed by atoms with E-state index in [1.54, 1.807) is 0 Å². The number of rotatable bonds is 0. The minimum absolute atomic E-state index is 0.365. The maximum Gasteiger partial charge on any atom is 0.135 e. The molecule has 0 aliphatic heterocycles. The Morgan fingerprint density at radius 1 is 1.17 bits per heavy atom. The molecular formula is C11H18O. The van der Waals surface area contributed by atoms with Crippen molar-refractivity contribution in [2.24, 2.45) is 17.8 Å². The summed E-state index contributed by atoms with van der Waals surface area (Å²) < 4.78 is 0. The van der Waals surface area contributed by atoms with Gasteiger partial charge in [0, 0.05) is 12.3 Å². The lowest BCUT2D eigenvalue weighted by atomic mass is 9.67. The zero-order valence-corrected chi connectivity index (χ0v) is 7.88. The molecule has 0 amide bonds. The van der Waals surface area contributed by atoms with Gasteiger partial charge in [0.2, 0.25) is 0 Å². The lowest BCUT2D eigenvalue weighted by molar-refractivity contribution is -0.127. The van der Waals surface area contributed by atoms with Crippen LogP contribution < -0.4 is 0 Å². The van der Waals surface area contributed by atoms with Crippen LogP contribution >= 0.6 is 0 Å². The first kappa shape index (κ1) is 8.28. The van der Waals surface area contributed by atoms with Crippen molar-refractivity contribution in [3.05, 3.63) is 0 Å². The van der Waals surface area contributed by atoms with Gasteiger partial charge in [0.15, 0.2) is 0 Å². The molecule has 12 heavy (non-hydrogen) atoms. The molecule has 0 radical (unpaired) electrons. The van der Waals surface area contributed by atoms with E-state index in [0.29, 0.717) is 11.7 Å². The second-order valence-corrected chi connectivity index (χ2v) is 4.61. The van der Waals surface area contributed by atoms with E-state index >= 15 is 0 Å². The molecule has 2 saturated carbocycles. The summed E-state index contributed by atoms with van der Waals surface area (Å²) >= 11 is 0. The van der Waals surface area contributed by atoms with Gasteiger partial charge in [-0.05, 0) is 24.7 Å². The van der Waals surface area contributed by atoms with Crippen LogP contribution in [0, 0.1) is 17.8 Å². The molecule has 1 heteroatoms. The first-order chi connectivity index (χ1) is 5.77. The van der Waals surface area contributed by atoms with E-state index in [1.807, 2.05) is 0 Å². The molecule has 3 atom stereocenters. The molecule has 0 aromatic rings. The van der Waals surface area contributed by atoms with Crippen molar-refractivity contribution in [3.8, 4) is 0 Å². The van der Waals surface area contributed by atoms with Crippen LogP contribution in [0.5, 0.6) is 0 Å². The fraction of sp³-hybridized carbons (Fsp3) is 0.909. The summed E-state index contributed by atoms with van der Waals surface area (Å²) in [6.45, 7) is 2.10. The van der Waals surface area contributed by atoms with Crippen LogP contribution in [0.4, 0.5) is 0 Å². The number of Topliss-reactive ketones (excluding diaryl/α,β-unsaturated/α-hetero) is 1. The third-order valence-electron chi connectivity index (χ3n) is 3.74. The van der Waals surface area contributed by atoms with Crippen molar-refractivity contribution < 1.29 is 4.79 Å². The predicted octanol–water partition coefficient (Wildman–Crippen LogP) is 2.79. The van der Waals surface area contributed by atoms with E-state index < -0.39 is 0 Å². The van der Waals surface area contributed by atoms with Gasteiger partial charge in [-0.25, -0.2) is 0 Å². The highest BCUT2D eigenvalue weighted by molar-refractivity contribution is 5.81. The average molecular weight is 166 g/mol. The van der Waals surface area contributed by atoms with Gasteiger partial charge in [-0.1, -0.05) is 26.2 Å². The number of carbonyl (C=O) groups is 1. The Bertz CT molecular complexity index is 185. The Morgan fingerprint density at radius 2 is 1.83 bits per heavy atom. The molecule has 2 aliphatic carbocycles. The van der Waals surface area contributed by atoms with Crippen molar-refractivity contribution in [1.29, 1.82) is 0 Å². The van der Waals surface area contributed by atoms with Crippen LogP contribution in [0.25, 0.3) is 0 Å². The van der Waals surface area contributed by atoms with Crippen LogP contribution in [-0.2, 0) is 4.79 Å². The van der Waals surface area contributed by atoms with Gasteiger partial charge in [-0.3, -0.25) is 4.79 Å². The Morgan fingerprint density at radius 3 is 2.58 bits per heavy atom. The first-order valence-electron chi connectivity index (χ1n) is 5.30. The van der Waals surface area contributed by atoms with Gasteiger partial charge in [0.05, 0.1) is 0 Å². The second-order valence-electron chi connectivity index (χ2n) is 4.61. The Balaban J connectivity index is 2.02. The largest absolute Gasteiger partial charge is 0.299 e. The summed E-state index contributed by atoms with van der Waals surface area (Å²) in [6.07, 6.45) is 7.56. The van der Waals surface area contributed by atoms with Crippen molar-refractivity contribution in [3.63, 3.8) is 0 Å². The molecule has 68 valence electrons. The maximum absolute atomic E-state index is 11.4. The standard InChI is InChI=1S/C11H18O/c1-8-6-9-4-2-3-5-10(9)7-11(8)12/h8-10H,2-7H2,1H3/t8?,9-,10-/m1/s1. The summed E-state index contributed by atoms with van der Waals surface area (Å²) in [4.78, 5) is 11.4. The number of ketones is 1. The maximum atomic E-state index is 11.4. The molecule has 1 unspecified atom stereocenters. The Labute approximate surface area is 74.5 Å². The van der Waals surface area contributed by atoms with Gasteiger partial charge < -0.3 is 0 Å². The van der Waals surface area contributed by atoms with Crippen LogP contribution in [0.2, 0.25) is 0 Å². The highest BCUT2D eigenvalue weighted by atomic mass is 16.1. The topological polar surface area (TPSA) is 17.1 Å². The quantitative estimate of drug-likeness (QED) is 0.541. The molecule has 0 heterocycles. The van der Waals surface area contributed by atoms with Crippen LogP contribution in [0.15, 0.2) is 0 Å². The number of fused-ring (bicyclic) bond motifs is 1. The molecule has 2 rings (SSSR count). The molecule has 0 N–H and O–H groups in total. The highest BCUT2D eigenvalue weighted by Crippen LogP contribution is 2.40. The van der Waals surface area contributed by atoms with Crippen molar-refractivity contribution in [1.82, 2.24) is 0 Å². The van der Waals surface area contributed by atoms with Gasteiger partial charge in [-0.2, -0.15) is 0 Å². The summed E-state index contributed by atoms with van der Waals surface area (Å²) in [6, 6.07) is 0. The molecule has 0 saturated heterocycles. The summed E-state index contributed by atoms with van der Waals surface area (Å²) in [5.74, 6) is 2.55. The zero-order valence-electron chi connectivity index (χ0n) is 7.88. The second kappa shape index (κ2) is 3.20. The smallest absolute Gasteiger partial charge is 0.135 e. The number of carbonyl (C=O) groups excluding carboxylic acids is 1. The third kappa shape index (κ3) is 1.41. The molecule has 0 spiro atoms. The van der Waals surface area contributed by atoms with Crippen molar-refractivity contribution in [2.45, 2.75) is 45.4 Å². The minimum Gasteiger partial charge on any atom is -0.299 e. The van der Waals surface area contributed by atoms with Gasteiger partial charge >= 0.3 is 0 Å². The SMILES string of the molecule is CC1C[C@H]2CCCC[C@@H]2CC1=O. The van der Waals surface area contributed by atoms with Crippen LogP contribution in [0.1, 0.15) is 45.4 Å². The lowest BCUT2D eigenvalue weighted by Gasteiger charge is -2.37. The van der Waals surface area contributed by atoms with Crippen molar-refractivity contribution >= 4 is 5.78 Å². The van der Waals surface area contributed by atoms with Crippen molar-refractivity contribution in [2.75, 3.05) is 0 Å². The fourth-order valence-electron chi connectivity index (χ4n) is 2.91. The summed E-state index contributed by atoms with van der Waals surface area (Å²) in [5.41, 5.74) is 0. The van der Waals surface area contributed by atoms with E-state index in [2.05, 4.69) is 6.92 Å². The third-order valence-corrected chi connectivity index (χ3v) is 3.74. The molecule has 2 aliphatic rings. The molecule has 2 fully saturated rings. The van der Waals surface area contributed by atoms with Gasteiger partial charge in [0.1, 0.15) is 5.78 Å². The normalized spacial score (nSPS) is 42.4. The number of hydrogen-bond donors (Lipinski definition) is 0. The molecule has 0 bridgehead atoms.